The minimum absolute atomic E-state index is 0.294. The Morgan fingerprint density at radius 3 is 2.76 bits per heavy atom. The predicted octanol–water partition coefficient (Wildman–Crippen LogP) is 1.99. The van der Waals surface area contributed by atoms with Crippen LogP contribution in [-0.2, 0) is 9.53 Å². The molecule has 0 aromatic heterocycles. The molecule has 4 heteroatoms. The average Bonchev–Trinajstić information content (AvgIpc) is 2.35. The van der Waals surface area contributed by atoms with Gasteiger partial charge >= 0.3 is 5.97 Å². The number of aliphatic carboxylic acids is 1. The second-order valence-electron chi connectivity index (χ2n) is 5.00. The van der Waals surface area contributed by atoms with Gasteiger partial charge in [0.15, 0.2) is 0 Å². The summed E-state index contributed by atoms with van der Waals surface area (Å²) in [6.45, 7) is 5.44. The van der Waals surface area contributed by atoms with Crippen LogP contribution >= 0.6 is 0 Å². The van der Waals surface area contributed by atoms with Crippen LogP contribution in [0.2, 0.25) is 0 Å². The van der Waals surface area contributed by atoms with E-state index in [4.69, 9.17) is 9.84 Å². The fraction of sp³-hybridized carbons (Fsp3) is 0.923. The molecular formula is C13H25NO3. The van der Waals surface area contributed by atoms with Crippen molar-refractivity contribution in [2.75, 3.05) is 20.2 Å². The lowest BCUT2D eigenvalue weighted by atomic mass is 9.91. The lowest BCUT2D eigenvalue weighted by Gasteiger charge is -2.37. The van der Waals surface area contributed by atoms with Crippen molar-refractivity contribution in [2.24, 2.45) is 5.92 Å². The van der Waals surface area contributed by atoms with Gasteiger partial charge in [-0.1, -0.05) is 13.8 Å². The number of hydrogen-bond donors (Lipinski definition) is 1. The first-order valence-electron chi connectivity index (χ1n) is 6.58. The fourth-order valence-electron chi connectivity index (χ4n) is 2.63. The van der Waals surface area contributed by atoms with E-state index in [0.717, 1.165) is 19.4 Å². The molecule has 1 aliphatic carbocycles. The molecule has 0 heterocycles. The molecule has 1 aliphatic rings. The third kappa shape index (κ3) is 4.28. The Morgan fingerprint density at radius 1 is 1.53 bits per heavy atom. The maximum absolute atomic E-state index is 10.9. The summed E-state index contributed by atoms with van der Waals surface area (Å²) < 4.78 is 5.43. The monoisotopic (exact) mass is 243 g/mol. The maximum atomic E-state index is 10.9. The first kappa shape index (κ1) is 14.5. The van der Waals surface area contributed by atoms with E-state index in [1.54, 1.807) is 14.0 Å². The number of carbonyl (C=O) groups is 1. The molecule has 1 fully saturated rings. The number of rotatable bonds is 6. The number of carboxylic acids is 1. The highest BCUT2D eigenvalue weighted by Gasteiger charge is 2.27. The predicted molar refractivity (Wildman–Crippen MR) is 67.1 cm³/mol. The number of ether oxygens (including phenoxy) is 1. The molecule has 100 valence electrons. The van der Waals surface area contributed by atoms with Crippen molar-refractivity contribution in [3.8, 4) is 0 Å². The van der Waals surface area contributed by atoms with Crippen LogP contribution in [0.25, 0.3) is 0 Å². The molecule has 0 aliphatic heterocycles. The van der Waals surface area contributed by atoms with E-state index in [1.165, 1.54) is 12.8 Å². The van der Waals surface area contributed by atoms with E-state index < -0.39 is 5.97 Å². The second-order valence-corrected chi connectivity index (χ2v) is 5.00. The highest BCUT2D eigenvalue weighted by Crippen LogP contribution is 2.25. The summed E-state index contributed by atoms with van der Waals surface area (Å²) in [6.07, 6.45) is 4.87. The molecule has 3 unspecified atom stereocenters. The minimum Gasteiger partial charge on any atom is -0.481 e. The topological polar surface area (TPSA) is 49.8 Å². The first-order valence-corrected chi connectivity index (χ1v) is 6.58. The quantitative estimate of drug-likeness (QED) is 0.775. The Kier molecular flexibility index (Phi) is 5.92. The summed E-state index contributed by atoms with van der Waals surface area (Å²) in [5.74, 6) is -1.000. The fourth-order valence-corrected chi connectivity index (χ4v) is 2.63. The largest absolute Gasteiger partial charge is 0.481 e. The molecule has 0 aromatic rings. The van der Waals surface area contributed by atoms with Crippen molar-refractivity contribution in [1.29, 1.82) is 0 Å². The van der Waals surface area contributed by atoms with Gasteiger partial charge in [-0.3, -0.25) is 9.69 Å². The zero-order valence-electron chi connectivity index (χ0n) is 11.2. The van der Waals surface area contributed by atoms with Crippen LogP contribution in [0.3, 0.4) is 0 Å². The molecule has 0 radical (unpaired) electrons. The smallest absolute Gasteiger partial charge is 0.307 e. The van der Waals surface area contributed by atoms with E-state index in [1.807, 2.05) is 0 Å². The van der Waals surface area contributed by atoms with Crippen molar-refractivity contribution >= 4 is 5.97 Å². The lowest BCUT2D eigenvalue weighted by Crippen LogP contribution is -2.43. The molecule has 1 rings (SSSR count). The molecule has 4 nitrogen and oxygen atoms in total. The van der Waals surface area contributed by atoms with E-state index in [0.29, 0.717) is 18.7 Å². The molecule has 0 amide bonds. The second kappa shape index (κ2) is 6.97. The van der Waals surface area contributed by atoms with Crippen LogP contribution in [0.5, 0.6) is 0 Å². The summed E-state index contributed by atoms with van der Waals surface area (Å²) in [4.78, 5) is 13.2. The summed E-state index contributed by atoms with van der Waals surface area (Å²) in [6, 6.07) is 0.487. The van der Waals surface area contributed by atoms with Crippen LogP contribution in [0.1, 0.15) is 39.5 Å². The summed E-state index contributed by atoms with van der Waals surface area (Å²) >= 11 is 0. The lowest BCUT2D eigenvalue weighted by molar-refractivity contribution is -0.142. The highest BCUT2D eigenvalue weighted by atomic mass is 16.5. The van der Waals surface area contributed by atoms with Crippen LogP contribution < -0.4 is 0 Å². The summed E-state index contributed by atoms with van der Waals surface area (Å²) in [5, 5.41) is 8.97. The number of carboxylic acid groups (broad SMARTS) is 1. The van der Waals surface area contributed by atoms with E-state index >= 15 is 0 Å². The molecule has 0 aromatic carbocycles. The van der Waals surface area contributed by atoms with Gasteiger partial charge in [-0.05, 0) is 32.2 Å². The van der Waals surface area contributed by atoms with Crippen molar-refractivity contribution in [1.82, 2.24) is 4.90 Å². The van der Waals surface area contributed by atoms with Crippen LogP contribution in [-0.4, -0.2) is 48.3 Å². The van der Waals surface area contributed by atoms with Gasteiger partial charge < -0.3 is 9.84 Å². The molecule has 1 N–H and O–H groups in total. The Balaban J connectivity index is 2.51. The van der Waals surface area contributed by atoms with Crippen LogP contribution in [0.4, 0.5) is 0 Å². The SMILES string of the molecule is CCN(CC(C)C(=O)O)C1CCCC(OC)C1. The Labute approximate surface area is 104 Å². The molecule has 3 atom stereocenters. The van der Waals surface area contributed by atoms with Gasteiger partial charge in [0.1, 0.15) is 0 Å². The van der Waals surface area contributed by atoms with Crippen molar-refractivity contribution in [3.05, 3.63) is 0 Å². The van der Waals surface area contributed by atoms with Gasteiger partial charge in [0.2, 0.25) is 0 Å². The Bertz CT molecular complexity index is 245. The molecule has 0 spiro atoms. The third-order valence-corrected chi connectivity index (χ3v) is 3.78. The Morgan fingerprint density at radius 2 is 2.24 bits per heavy atom. The van der Waals surface area contributed by atoms with E-state index in [2.05, 4.69) is 11.8 Å². The van der Waals surface area contributed by atoms with Crippen LogP contribution in [0, 0.1) is 5.92 Å². The summed E-state index contributed by atoms with van der Waals surface area (Å²) in [7, 11) is 1.77. The van der Waals surface area contributed by atoms with Crippen molar-refractivity contribution in [2.45, 2.75) is 51.7 Å². The van der Waals surface area contributed by atoms with Crippen molar-refractivity contribution in [3.63, 3.8) is 0 Å². The molecule has 0 bridgehead atoms. The molecule has 1 saturated carbocycles. The van der Waals surface area contributed by atoms with Crippen molar-refractivity contribution < 1.29 is 14.6 Å². The van der Waals surface area contributed by atoms with Gasteiger partial charge in [0.05, 0.1) is 12.0 Å². The van der Waals surface area contributed by atoms with Gasteiger partial charge in [0.25, 0.3) is 0 Å². The van der Waals surface area contributed by atoms with Gasteiger partial charge in [-0.2, -0.15) is 0 Å². The molecule has 0 saturated heterocycles. The number of methoxy groups -OCH3 is 1. The van der Waals surface area contributed by atoms with Gasteiger partial charge in [-0.15, -0.1) is 0 Å². The summed E-state index contributed by atoms with van der Waals surface area (Å²) in [5.41, 5.74) is 0. The average molecular weight is 243 g/mol. The maximum Gasteiger partial charge on any atom is 0.307 e. The van der Waals surface area contributed by atoms with Crippen LogP contribution in [0.15, 0.2) is 0 Å². The third-order valence-electron chi connectivity index (χ3n) is 3.78. The molecule has 17 heavy (non-hydrogen) atoms. The zero-order chi connectivity index (χ0) is 12.8. The first-order chi connectivity index (χ1) is 8.08. The van der Waals surface area contributed by atoms with E-state index in [9.17, 15) is 4.79 Å². The normalized spacial score (nSPS) is 27.1. The number of hydrogen-bond acceptors (Lipinski definition) is 3. The zero-order valence-corrected chi connectivity index (χ0v) is 11.2. The van der Waals surface area contributed by atoms with E-state index in [-0.39, 0.29) is 5.92 Å². The molecular weight excluding hydrogens is 218 g/mol. The minimum atomic E-state index is -0.706. The highest BCUT2D eigenvalue weighted by molar-refractivity contribution is 5.69. The van der Waals surface area contributed by atoms with Gasteiger partial charge in [0, 0.05) is 19.7 Å². The Hall–Kier alpha value is -0.610. The standard InChI is InChI=1S/C13H25NO3/c1-4-14(9-10(2)13(15)16)11-6-5-7-12(8-11)17-3/h10-12H,4-9H2,1-3H3,(H,15,16). The van der Waals surface area contributed by atoms with Gasteiger partial charge in [-0.25, -0.2) is 0 Å². The number of nitrogens with zero attached hydrogens (tertiary/aromatic N) is 1.